The van der Waals surface area contributed by atoms with E-state index in [9.17, 15) is 5.11 Å². The van der Waals surface area contributed by atoms with Gasteiger partial charge in [0.05, 0.1) is 11.2 Å². The molecule has 0 spiro atoms. The summed E-state index contributed by atoms with van der Waals surface area (Å²) < 4.78 is 0. The number of benzene rings is 3. The second-order valence-corrected chi connectivity index (χ2v) is 5.83. The van der Waals surface area contributed by atoms with Crippen molar-refractivity contribution < 1.29 is 5.11 Å². The van der Waals surface area contributed by atoms with Gasteiger partial charge in [0.2, 0.25) is 0 Å². The number of aromatic nitrogens is 1. The zero-order chi connectivity index (χ0) is 16.4. The van der Waals surface area contributed by atoms with E-state index in [0.717, 1.165) is 22.0 Å². The first-order chi connectivity index (χ1) is 11.8. The van der Waals surface area contributed by atoms with Gasteiger partial charge in [0.15, 0.2) is 5.60 Å². The second-order valence-electron chi connectivity index (χ2n) is 5.83. The van der Waals surface area contributed by atoms with Crippen LogP contribution in [0.1, 0.15) is 16.8 Å². The lowest BCUT2D eigenvalue weighted by Crippen LogP contribution is -2.30. The molecule has 1 N–H and O–H groups in total. The van der Waals surface area contributed by atoms with Crippen LogP contribution in [0.25, 0.3) is 10.9 Å². The van der Waals surface area contributed by atoms with Crippen molar-refractivity contribution in [3.05, 3.63) is 114 Å². The number of fused-ring (bicyclic) bond motifs is 1. The van der Waals surface area contributed by atoms with Crippen molar-refractivity contribution in [1.29, 1.82) is 0 Å². The fraction of sp³-hybridized carbons (Fsp3) is 0.0455. The number of nitrogens with zero attached hydrogens (tertiary/aromatic N) is 1. The van der Waals surface area contributed by atoms with Crippen molar-refractivity contribution in [2.24, 2.45) is 0 Å². The van der Waals surface area contributed by atoms with E-state index in [2.05, 4.69) is 0 Å². The van der Waals surface area contributed by atoms with E-state index in [1.807, 2.05) is 97.1 Å². The van der Waals surface area contributed by atoms with Gasteiger partial charge >= 0.3 is 0 Å². The van der Waals surface area contributed by atoms with Crippen molar-refractivity contribution >= 4 is 10.9 Å². The first-order valence-corrected chi connectivity index (χ1v) is 7.98. The van der Waals surface area contributed by atoms with E-state index in [4.69, 9.17) is 4.98 Å². The predicted octanol–water partition coefficient (Wildman–Crippen LogP) is 4.52. The molecule has 24 heavy (non-hydrogen) atoms. The van der Waals surface area contributed by atoms with Crippen molar-refractivity contribution in [3.8, 4) is 0 Å². The normalized spacial score (nSPS) is 11.5. The minimum absolute atomic E-state index is 0.624. The fourth-order valence-electron chi connectivity index (χ4n) is 3.09. The van der Waals surface area contributed by atoms with Gasteiger partial charge in [-0.2, -0.15) is 0 Å². The van der Waals surface area contributed by atoms with Gasteiger partial charge in [0.25, 0.3) is 0 Å². The van der Waals surface area contributed by atoms with Gasteiger partial charge < -0.3 is 5.11 Å². The summed E-state index contributed by atoms with van der Waals surface area (Å²) >= 11 is 0. The van der Waals surface area contributed by atoms with Gasteiger partial charge in [-0.1, -0.05) is 84.9 Å². The summed E-state index contributed by atoms with van der Waals surface area (Å²) in [5.74, 6) is 0. The van der Waals surface area contributed by atoms with E-state index >= 15 is 0 Å². The number of pyridine rings is 1. The maximum atomic E-state index is 11.7. The van der Waals surface area contributed by atoms with Crippen LogP contribution in [-0.4, -0.2) is 10.1 Å². The van der Waals surface area contributed by atoms with Gasteiger partial charge in [0.1, 0.15) is 0 Å². The summed E-state index contributed by atoms with van der Waals surface area (Å²) in [7, 11) is 0. The Morgan fingerprint density at radius 1 is 0.583 bits per heavy atom. The Morgan fingerprint density at radius 3 is 1.75 bits per heavy atom. The molecule has 0 atom stereocenters. The maximum Gasteiger partial charge on any atom is 0.157 e. The highest BCUT2D eigenvalue weighted by atomic mass is 16.3. The SMILES string of the molecule is OC(c1ccccc1)(c1ccccc1)c1ccc2ccccc2n1. The second kappa shape index (κ2) is 5.91. The summed E-state index contributed by atoms with van der Waals surface area (Å²) in [6.45, 7) is 0. The van der Waals surface area contributed by atoms with Gasteiger partial charge in [-0.3, -0.25) is 0 Å². The Labute approximate surface area is 141 Å². The molecule has 0 amide bonds. The summed E-state index contributed by atoms with van der Waals surface area (Å²) in [4.78, 5) is 4.75. The lowest BCUT2D eigenvalue weighted by atomic mass is 9.83. The van der Waals surface area contributed by atoms with E-state index < -0.39 is 5.60 Å². The summed E-state index contributed by atoms with van der Waals surface area (Å²) in [6.07, 6.45) is 0. The van der Waals surface area contributed by atoms with E-state index in [1.54, 1.807) is 0 Å². The van der Waals surface area contributed by atoms with Crippen molar-refractivity contribution in [2.75, 3.05) is 0 Å². The Bertz CT molecular complexity index is 925. The third-order valence-electron chi connectivity index (χ3n) is 4.35. The van der Waals surface area contributed by atoms with Gasteiger partial charge in [0, 0.05) is 5.39 Å². The predicted molar refractivity (Wildman–Crippen MR) is 96.7 cm³/mol. The lowest BCUT2D eigenvalue weighted by molar-refractivity contribution is 0.121. The van der Waals surface area contributed by atoms with Crippen LogP contribution < -0.4 is 0 Å². The summed E-state index contributed by atoms with van der Waals surface area (Å²) in [5, 5.41) is 12.8. The standard InChI is InChI=1S/C22H17NO/c24-22(18-10-3-1-4-11-18,19-12-5-2-6-13-19)21-16-15-17-9-7-8-14-20(17)23-21/h1-16,24H. The molecule has 3 aromatic carbocycles. The van der Waals surface area contributed by atoms with Crippen LogP contribution >= 0.6 is 0 Å². The Balaban J connectivity index is 1.98. The molecule has 4 rings (SSSR count). The van der Waals surface area contributed by atoms with E-state index in [-0.39, 0.29) is 0 Å². The van der Waals surface area contributed by atoms with Crippen LogP contribution in [-0.2, 0) is 5.60 Å². The molecule has 2 nitrogen and oxygen atoms in total. The van der Waals surface area contributed by atoms with Crippen LogP contribution in [0.3, 0.4) is 0 Å². The molecule has 1 heterocycles. The van der Waals surface area contributed by atoms with E-state index in [0.29, 0.717) is 5.69 Å². The van der Waals surface area contributed by atoms with Crippen molar-refractivity contribution in [1.82, 2.24) is 4.98 Å². The van der Waals surface area contributed by atoms with Crippen molar-refractivity contribution in [2.45, 2.75) is 5.60 Å². The third kappa shape index (κ3) is 2.38. The van der Waals surface area contributed by atoms with Gasteiger partial charge in [-0.05, 0) is 23.3 Å². The fourth-order valence-corrected chi connectivity index (χ4v) is 3.09. The van der Waals surface area contributed by atoms with Gasteiger partial charge in [-0.25, -0.2) is 4.98 Å². The molecule has 116 valence electrons. The topological polar surface area (TPSA) is 33.1 Å². The van der Waals surface area contributed by atoms with E-state index in [1.165, 1.54) is 0 Å². The molecule has 2 heteroatoms. The quantitative estimate of drug-likeness (QED) is 0.603. The first kappa shape index (κ1) is 14.6. The molecule has 4 aromatic rings. The largest absolute Gasteiger partial charge is 0.374 e. The molecule has 0 aliphatic rings. The number of hydrogen-bond donors (Lipinski definition) is 1. The molecule has 0 unspecified atom stereocenters. The van der Waals surface area contributed by atoms with Crippen molar-refractivity contribution in [3.63, 3.8) is 0 Å². The number of para-hydroxylation sites is 1. The molecule has 1 aromatic heterocycles. The van der Waals surface area contributed by atoms with Crippen LogP contribution in [0.5, 0.6) is 0 Å². The minimum atomic E-state index is -1.29. The minimum Gasteiger partial charge on any atom is -0.374 e. The zero-order valence-corrected chi connectivity index (χ0v) is 13.1. The molecule has 0 aliphatic carbocycles. The highest BCUT2D eigenvalue weighted by molar-refractivity contribution is 5.78. The highest BCUT2D eigenvalue weighted by Gasteiger charge is 2.35. The van der Waals surface area contributed by atoms with Gasteiger partial charge in [-0.15, -0.1) is 0 Å². The molecule has 0 bridgehead atoms. The monoisotopic (exact) mass is 311 g/mol. The number of rotatable bonds is 3. The molecule has 0 saturated heterocycles. The molecule has 0 aliphatic heterocycles. The lowest BCUT2D eigenvalue weighted by Gasteiger charge is -2.29. The highest BCUT2D eigenvalue weighted by Crippen LogP contribution is 2.36. The average Bonchev–Trinajstić information content (AvgIpc) is 2.68. The van der Waals surface area contributed by atoms with Crippen LogP contribution in [0, 0.1) is 0 Å². The molecule has 0 radical (unpaired) electrons. The summed E-state index contributed by atoms with van der Waals surface area (Å²) in [6, 6.07) is 31.2. The third-order valence-corrected chi connectivity index (χ3v) is 4.35. The van der Waals surface area contributed by atoms with Crippen LogP contribution in [0.4, 0.5) is 0 Å². The Kier molecular flexibility index (Phi) is 3.60. The smallest absolute Gasteiger partial charge is 0.157 e. The van der Waals surface area contributed by atoms with Crippen LogP contribution in [0.2, 0.25) is 0 Å². The number of aliphatic hydroxyl groups is 1. The first-order valence-electron chi connectivity index (χ1n) is 7.98. The zero-order valence-electron chi connectivity index (χ0n) is 13.1. The average molecular weight is 311 g/mol. The molecular formula is C22H17NO. The number of hydrogen-bond acceptors (Lipinski definition) is 2. The molecule has 0 saturated carbocycles. The Hall–Kier alpha value is -2.97. The van der Waals surface area contributed by atoms with Crippen LogP contribution in [0.15, 0.2) is 97.1 Å². The maximum absolute atomic E-state index is 11.7. The molecular weight excluding hydrogens is 294 g/mol. The summed E-state index contributed by atoms with van der Waals surface area (Å²) in [5.41, 5.74) is 1.82. The Morgan fingerprint density at radius 2 is 1.12 bits per heavy atom. The molecule has 0 fully saturated rings.